The SMILES string of the molecule is CC(F)CCCC(=O)N(C)CC(=O)O. The number of carboxylic acid groups (broad SMARTS) is 1. The maximum atomic E-state index is 12.3. The molecule has 1 atom stereocenters. The third-order valence-corrected chi connectivity index (χ3v) is 1.79. The summed E-state index contributed by atoms with van der Waals surface area (Å²) in [6.07, 6.45) is 0.0955. The molecule has 0 aromatic rings. The van der Waals surface area contributed by atoms with Gasteiger partial charge in [0.1, 0.15) is 6.54 Å². The van der Waals surface area contributed by atoms with E-state index in [0.717, 1.165) is 4.90 Å². The van der Waals surface area contributed by atoms with E-state index < -0.39 is 12.1 Å². The van der Waals surface area contributed by atoms with Crippen LogP contribution in [-0.2, 0) is 9.59 Å². The maximum absolute atomic E-state index is 12.3. The average molecular weight is 205 g/mol. The quantitative estimate of drug-likeness (QED) is 0.705. The Balaban J connectivity index is 3.67. The van der Waals surface area contributed by atoms with Crippen LogP contribution < -0.4 is 0 Å². The van der Waals surface area contributed by atoms with E-state index in [1.54, 1.807) is 0 Å². The molecule has 0 heterocycles. The third kappa shape index (κ3) is 6.39. The predicted octanol–water partition coefficient (Wildman–Crippen LogP) is 1.06. The number of hydrogen-bond acceptors (Lipinski definition) is 2. The highest BCUT2D eigenvalue weighted by molar-refractivity contribution is 5.80. The van der Waals surface area contributed by atoms with Gasteiger partial charge in [0, 0.05) is 13.5 Å². The Hall–Kier alpha value is -1.13. The number of aliphatic carboxylic acids is 1. The summed E-state index contributed by atoms with van der Waals surface area (Å²) in [6, 6.07) is 0. The van der Waals surface area contributed by atoms with E-state index in [4.69, 9.17) is 5.11 Å². The van der Waals surface area contributed by atoms with Gasteiger partial charge in [-0.2, -0.15) is 0 Å². The van der Waals surface area contributed by atoms with Gasteiger partial charge in [-0.1, -0.05) is 0 Å². The van der Waals surface area contributed by atoms with Crippen molar-refractivity contribution in [1.82, 2.24) is 4.90 Å². The van der Waals surface area contributed by atoms with Gasteiger partial charge in [-0.05, 0) is 19.8 Å². The van der Waals surface area contributed by atoms with Crippen LogP contribution in [-0.4, -0.2) is 41.6 Å². The van der Waals surface area contributed by atoms with Crippen molar-refractivity contribution in [3.63, 3.8) is 0 Å². The zero-order chi connectivity index (χ0) is 11.1. The molecule has 0 aliphatic rings. The minimum absolute atomic E-state index is 0.206. The lowest BCUT2D eigenvalue weighted by Gasteiger charge is -2.14. The van der Waals surface area contributed by atoms with E-state index >= 15 is 0 Å². The highest BCUT2D eigenvalue weighted by atomic mass is 19.1. The Bertz CT molecular complexity index is 206. The van der Waals surface area contributed by atoms with Gasteiger partial charge in [0.05, 0.1) is 6.17 Å². The molecule has 0 radical (unpaired) electrons. The van der Waals surface area contributed by atoms with Crippen molar-refractivity contribution in [3.8, 4) is 0 Å². The van der Waals surface area contributed by atoms with Crippen LogP contribution >= 0.6 is 0 Å². The molecule has 0 spiro atoms. The second-order valence-corrected chi connectivity index (χ2v) is 3.32. The van der Waals surface area contributed by atoms with Crippen LogP contribution in [0.1, 0.15) is 26.2 Å². The van der Waals surface area contributed by atoms with Crippen molar-refractivity contribution < 1.29 is 19.1 Å². The molecule has 0 aromatic carbocycles. The summed E-state index contributed by atoms with van der Waals surface area (Å²) in [6.45, 7) is 1.13. The van der Waals surface area contributed by atoms with Gasteiger partial charge in [0.2, 0.25) is 5.91 Å². The number of rotatable bonds is 6. The first-order valence-electron chi connectivity index (χ1n) is 4.53. The fourth-order valence-electron chi connectivity index (χ4n) is 1.02. The molecule has 4 nitrogen and oxygen atoms in total. The van der Waals surface area contributed by atoms with E-state index in [-0.39, 0.29) is 18.9 Å². The van der Waals surface area contributed by atoms with Crippen LogP contribution in [0.25, 0.3) is 0 Å². The standard InChI is InChI=1S/C9H16FNO3/c1-7(10)4-3-5-8(12)11(2)6-9(13)14/h7H,3-6H2,1-2H3,(H,13,14). The fourth-order valence-corrected chi connectivity index (χ4v) is 1.02. The first-order chi connectivity index (χ1) is 6.43. The van der Waals surface area contributed by atoms with Crippen LogP contribution in [0.15, 0.2) is 0 Å². The predicted molar refractivity (Wildman–Crippen MR) is 49.7 cm³/mol. The number of amides is 1. The van der Waals surface area contributed by atoms with Gasteiger partial charge in [-0.15, -0.1) is 0 Å². The molecule has 0 saturated carbocycles. The molecular weight excluding hydrogens is 189 g/mol. The van der Waals surface area contributed by atoms with Crippen molar-refractivity contribution in [1.29, 1.82) is 0 Å². The molecule has 0 fully saturated rings. The van der Waals surface area contributed by atoms with E-state index in [1.807, 2.05) is 0 Å². The highest BCUT2D eigenvalue weighted by Gasteiger charge is 2.11. The molecule has 0 bridgehead atoms. The largest absolute Gasteiger partial charge is 0.480 e. The van der Waals surface area contributed by atoms with Gasteiger partial charge in [0.25, 0.3) is 0 Å². The average Bonchev–Trinajstić information content (AvgIpc) is 2.01. The third-order valence-electron chi connectivity index (χ3n) is 1.79. The normalized spacial score (nSPS) is 12.2. The molecule has 1 amide bonds. The lowest BCUT2D eigenvalue weighted by Crippen LogP contribution is -2.31. The molecule has 0 aliphatic heterocycles. The summed E-state index contributed by atoms with van der Waals surface area (Å²) in [5, 5.41) is 8.39. The summed E-state index contributed by atoms with van der Waals surface area (Å²) in [5.41, 5.74) is 0. The minimum atomic E-state index is -1.04. The van der Waals surface area contributed by atoms with Crippen LogP contribution in [0.5, 0.6) is 0 Å². The van der Waals surface area contributed by atoms with Crippen LogP contribution in [0.4, 0.5) is 4.39 Å². The molecule has 82 valence electrons. The molecule has 14 heavy (non-hydrogen) atoms. The first-order valence-corrected chi connectivity index (χ1v) is 4.53. The van der Waals surface area contributed by atoms with Crippen LogP contribution in [0, 0.1) is 0 Å². The summed E-state index contributed by atoms with van der Waals surface area (Å²) >= 11 is 0. The minimum Gasteiger partial charge on any atom is -0.480 e. The van der Waals surface area contributed by atoms with Gasteiger partial charge in [0.15, 0.2) is 0 Å². The summed E-state index contributed by atoms with van der Waals surface area (Å²) in [5.74, 6) is -1.30. The Morgan fingerprint density at radius 1 is 1.50 bits per heavy atom. The molecular formula is C9H16FNO3. The Morgan fingerprint density at radius 2 is 2.07 bits per heavy atom. The summed E-state index contributed by atoms with van der Waals surface area (Å²) in [4.78, 5) is 22.6. The summed E-state index contributed by atoms with van der Waals surface area (Å²) in [7, 11) is 1.43. The van der Waals surface area contributed by atoms with E-state index in [2.05, 4.69) is 0 Å². The van der Waals surface area contributed by atoms with Crippen molar-refractivity contribution in [2.45, 2.75) is 32.4 Å². The van der Waals surface area contributed by atoms with Crippen molar-refractivity contribution in [3.05, 3.63) is 0 Å². The smallest absolute Gasteiger partial charge is 0.323 e. The number of halogens is 1. The lowest BCUT2D eigenvalue weighted by atomic mass is 10.2. The van der Waals surface area contributed by atoms with E-state index in [0.29, 0.717) is 12.8 Å². The maximum Gasteiger partial charge on any atom is 0.323 e. The van der Waals surface area contributed by atoms with Crippen molar-refractivity contribution in [2.24, 2.45) is 0 Å². The topological polar surface area (TPSA) is 57.6 Å². The number of likely N-dealkylation sites (N-methyl/N-ethyl adjacent to an activating group) is 1. The number of carboxylic acids is 1. The Labute approximate surface area is 82.7 Å². The molecule has 1 unspecified atom stereocenters. The molecule has 0 aliphatic carbocycles. The second-order valence-electron chi connectivity index (χ2n) is 3.32. The highest BCUT2D eigenvalue weighted by Crippen LogP contribution is 2.05. The second kappa shape index (κ2) is 6.34. The van der Waals surface area contributed by atoms with Gasteiger partial charge < -0.3 is 10.0 Å². The molecule has 0 rings (SSSR count). The number of hydrogen-bond donors (Lipinski definition) is 1. The zero-order valence-electron chi connectivity index (χ0n) is 8.49. The first kappa shape index (κ1) is 12.9. The number of nitrogens with zero attached hydrogens (tertiary/aromatic N) is 1. The van der Waals surface area contributed by atoms with Gasteiger partial charge in [-0.3, -0.25) is 9.59 Å². The summed E-state index contributed by atoms with van der Waals surface area (Å²) < 4.78 is 12.3. The van der Waals surface area contributed by atoms with E-state index in [1.165, 1.54) is 14.0 Å². The molecule has 1 N–H and O–H groups in total. The number of carbonyl (C=O) groups excluding carboxylic acids is 1. The monoisotopic (exact) mass is 205 g/mol. The van der Waals surface area contributed by atoms with Crippen molar-refractivity contribution in [2.75, 3.05) is 13.6 Å². The Kier molecular flexibility index (Phi) is 5.83. The van der Waals surface area contributed by atoms with Crippen LogP contribution in [0.2, 0.25) is 0 Å². The number of alkyl halides is 1. The lowest BCUT2D eigenvalue weighted by molar-refractivity contribution is -0.143. The Morgan fingerprint density at radius 3 is 2.50 bits per heavy atom. The van der Waals surface area contributed by atoms with Gasteiger partial charge in [-0.25, -0.2) is 4.39 Å². The molecule has 5 heteroatoms. The van der Waals surface area contributed by atoms with Crippen molar-refractivity contribution >= 4 is 11.9 Å². The number of carbonyl (C=O) groups is 2. The zero-order valence-corrected chi connectivity index (χ0v) is 8.49. The molecule has 0 saturated heterocycles. The van der Waals surface area contributed by atoms with E-state index in [9.17, 15) is 14.0 Å². The van der Waals surface area contributed by atoms with Crippen LogP contribution in [0.3, 0.4) is 0 Å². The van der Waals surface area contributed by atoms with Gasteiger partial charge >= 0.3 is 5.97 Å². The fraction of sp³-hybridized carbons (Fsp3) is 0.778. The molecule has 0 aromatic heterocycles.